The number of hydrogen-bond acceptors (Lipinski definition) is 4. The van der Waals surface area contributed by atoms with E-state index >= 15 is 0 Å². The van der Waals surface area contributed by atoms with E-state index in [0.717, 1.165) is 28.2 Å². The zero-order chi connectivity index (χ0) is 14.5. The first-order valence-corrected chi connectivity index (χ1v) is 8.87. The van der Waals surface area contributed by atoms with Gasteiger partial charge >= 0.3 is 0 Å². The van der Waals surface area contributed by atoms with Crippen LogP contribution >= 0.6 is 11.8 Å². The van der Waals surface area contributed by atoms with Crippen LogP contribution in [-0.2, 0) is 10.0 Å². The first kappa shape index (κ1) is 16.5. The maximum atomic E-state index is 12.3. The Hall–Kier alpha value is -0.560. The first-order valence-electron chi connectivity index (χ1n) is 6.24. The van der Waals surface area contributed by atoms with Crippen molar-refractivity contribution in [2.45, 2.75) is 25.7 Å². The van der Waals surface area contributed by atoms with Crippen LogP contribution in [0.4, 0.5) is 0 Å². The largest absolute Gasteiger partial charge is 0.330 e. The number of benzene rings is 1. The van der Waals surface area contributed by atoms with E-state index in [1.807, 2.05) is 32.9 Å². The van der Waals surface area contributed by atoms with Gasteiger partial charge in [-0.05, 0) is 31.9 Å². The molecule has 0 spiro atoms. The summed E-state index contributed by atoms with van der Waals surface area (Å²) in [6, 6.07) is 3.79. The molecule has 0 amide bonds. The fourth-order valence-electron chi connectivity index (χ4n) is 2.10. The number of thioether (sulfide) groups is 1. The lowest BCUT2D eigenvalue weighted by Crippen LogP contribution is -2.27. The summed E-state index contributed by atoms with van der Waals surface area (Å²) in [5, 5.41) is 0. The van der Waals surface area contributed by atoms with E-state index in [2.05, 4.69) is 4.72 Å². The predicted octanol–water partition coefficient (Wildman–Crippen LogP) is 1.58. The quantitative estimate of drug-likeness (QED) is 0.750. The fourth-order valence-corrected chi connectivity index (χ4v) is 4.32. The van der Waals surface area contributed by atoms with Gasteiger partial charge in [-0.2, -0.15) is 11.8 Å². The average molecular weight is 302 g/mol. The van der Waals surface area contributed by atoms with E-state index in [-0.39, 0.29) is 0 Å². The van der Waals surface area contributed by atoms with Gasteiger partial charge in [-0.3, -0.25) is 0 Å². The first-order chi connectivity index (χ1) is 8.88. The standard InChI is InChI=1S/C13H22N2O2S2/c1-10-8-11(2)13(12(3)9-10)19(16,17)15-5-7-18-6-4-14/h8-9,15H,4-7,14H2,1-3H3. The fraction of sp³-hybridized carbons (Fsp3) is 0.538. The Bertz CT molecular complexity index is 504. The molecule has 108 valence electrons. The van der Waals surface area contributed by atoms with Gasteiger partial charge in [0.15, 0.2) is 0 Å². The average Bonchev–Trinajstić information content (AvgIpc) is 2.26. The van der Waals surface area contributed by atoms with Gasteiger partial charge in [-0.1, -0.05) is 17.7 Å². The van der Waals surface area contributed by atoms with Crippen LogP contribution in [0.1, 0.15) is 16.7 Å². The molecule has 0 aliphatic carbocycles. The molecule has 1 aromatic carbocycles. The molecule has 0 aliphatic heterocycles. The van der Waals surface area contributed by atoms with E-state index in [4.69, 9.17) is 5.73 Å². The van der Waals surface area contributed by atoms with Crippen LogP contribution in [0.5, 0.6) is 0 Å². The van der Waals surface area contributed by atoms with Gasteiger partial charge < -0.3 is 5.73 Å². The van der Waals surface area contributed by atoms with Gasteiger partial charge in [-0.25, -0.2) is 13.1 Å². The van der Waals surface area contributed by atoms with Crippen molar-refractivity contribution < 1.29 is 8.42 Å². The molecule has 3 N–H and O–H groups in total. The topological polar surface area (TPSA) is 72.2 Å². The number of aryl methyl sites for hydroxylation is 3. The second-order valence-corrected chi connectivity index (χ2v) is 7.46. The second kappa shape index (κ2) is 7.28. The number of nitrogens with one attached hydrogen (secondary N) is 1. The summed E-state index contributed by atoms with van der Waals surface area (Å²) >= 11 is 1.65. The molecule has 6 heteroatoms. The molecule has 4 nitrogen and oxygen atoms in total. The summed E-state index contributed by atoms with van der Waals surface area (Å²) in [4.78, 5) is 0.405. The minimum atomic E-state index is -3.42. The van der Waals surface area contributed by atoms with E-state index in [1.54, 1.807) is 11.8 Å². The predicted molar refractivity (Wildman–Crippen MR) is 82.2 cm³/mol. The molecule has 1 rings (SSSR count). The summed E-state index contributed by atoms with van der Waals surface area (Å²) in [5.41, 5.74) is 8.04. The maximum Gasteiger partial charge on any atom is 0.241 e. The van der Waals surface area contributed by atoms with Gasteiger partial charge in [0.1, 0.15) is 0 Å². The second-order valence-electron chi connectivity index (χ2n) is 4.53. The molecule has 0 aromatic heterocycles. The Kier molecular flexibility index (Phi) is 6.32. The molecule has 1 aromatic rings. The van der Waals surface area contributed by atoms with Crippen LogP contribution in [0, 0.1) is 20.8 Å². The molecule has 0 aliphatic rings. The highest BCUT2D eigenvalue weighted by Gasteiger charge is 2.19. The van der Waals surface area contributed by atoms with Crippen LogP contribution in [0.2, 0.25) is 0 Å². The van der Waals surface area contributed by atoms with Gasteiger partial charge in [-0.15, -0.1) is 0 Å². The SMILES string of the molecule is Cc1cc(C)c(S(=O)(=O)NCCSCCN)c(C)c1. The Balaban J connectivity index is 2.78. The van der Waals surface area contributed by atoms with Crippen molar-refractivity contribution in [1.29, 1.82) is 0 Å². The lowest BCUT2D eigenvalue weighted by molar-refractivity contribution is 0.583. The van der Waals surface area contributed by atoms with E-state index < -0.39 is 10.0 Å². The lowest BCUT2D eigenvalue weighted by Gasteiger charge is -2.13. The highest BCUT2D eigenvalue weighted by molar-refractivity contribution is 7.99. The molecule has 0 saturated carbocycles. The molecular formula is C13H22N2O2S2. The molecular weight excluding hydrogens is 280 g/mol. The molecule has 0 heterocycles. The minimum Gasteiger partial charge on any atom is -0.330 e. The number of sulfonamides is 1. The third kappa shape index (κ3) is 4.80. The Morgan fingerprint density at radius 2 is 1.74 bits per heavy atom. The third-order valence-electron chi connectivity index (χ3n) is 2.67. The highest BCUT2D eigenvalue weighted by Crippen LogP contribution is 2.21. The van der Waals surface area contributed by atoms with Crippen molar-refractivity contribution in [3.05, 3.63) is 28.8 Å². The van der Waals surface area contributed by atoms with Crippen LogP contribution in [0.3, 0.4) is 0 Å². The Labute approximate surface area is 120 Å². The van der Waals surface area contributed by atoms with E-state index in [1.165, 1.54) is 0 Å². The summed E-state index contributed by atoms with van der Waals surface area (Å²) in [6.45, 7) is 6.68. The third-order valence-corrected chi connectivity index (χ3v) is 5.46. The number of nitrogens with two attached hydrogens (primary N) is 1. The molecule has 0 radical (unpaired) electrons. The number of rotatable bonds is 7. The van der Waals surface area contributed by atoms with E-state index in [0.29, 0.717) is 18.0 Å². The Morgan fingerprint density at radius 3 is 2.26 bits per heavy atom. The lowest BCUT2D eigenvalue weighted by atomic mass is 10.1. The van der Waals surface area contributed by atoms with Crippen molar-refractivity contribution in [1.82, 2.24) is 4.72 Å². The monoisotopic (exact) mass is 302 g/mol. The zero-order valence-electron chi connectivity index (χ0n) is 11.7. The van der Waals surface area contributed by atoms with Gasteiger partial charge in [0.25, 0.3) is 0 Å². The van der Waals surface area contributed by atoms with Crippen molar-refractivity contribution in [3.63, 3.8) is 0 Å². The van der Waals surface area contributed by atoms with Gasteiger partial charge in [0, 0.05) is 24.6 Å². The molecule has 0 saturated heterocycles. The molecule has 19 heavy (non-hydrogen) atoms. The molecule has 0 atom stereocenters. The summed E-state index contributed by atoms with van der Waals surface area (Å²) in [5.74, 6) is 1.59. The van der Waals surface area contributed by atoms with Gasteiger partial charge in [0.2, 0.25) is 10.0 Å². The number of hydrogen-bond donors (Lipinski definition) is 2. The minimum absolute atomic E-state index is 0.405. The van der Waals surface area contributed by atoms with Crippen LogP contribution in [0.15, 0.2) is 17.0 Å². The van der Waals surface area contributed by atoms with Crippen molar-refractivity contribution in [2.24, 2.45) is 5.73 Å². The summed E-state index contributed by atoms with van der Waals surface area (Å²) < 4.78 is 27.2. The van der Waals surface area contributed by atoms with Crippen LogP contribution < -0.4 is 10.5 Å². The molecule has 0 fully saturated rings. The normalized spacial score (nSPS) is 11.8. The summed E-state index contributed by atoms with van der Waals surface area (Å²) in [7, 11) is -3.42. The maximum absolute atomic E-state index is 12.3. The van der Waals surface area contributed by atoms with Crippen molar-refractivity contribution in [2.75, 3.05) is 24.6 Å². The summed E-state index contributed by atoms with van der Waals surface area (Å²) in [6.07, 6.45) is 0. The van der Waals surface area contributed by atoms with Crippen LogP contribution in [-0.4, -0.2) is 33.0 Å². The molecule has 0 bridgehead atoms. The van der Waals surface area contributed by atoms with E-state index in [9.17, 15) is 8.42 Å². The molecule has 0 unspecified atom stereocenters. The zero-order valence-corrected chi connectivity index (χ0v) is 13.3. The van der Waals surface area contributed by atoms with Crippen LogP contribution in [0.25, 0.3) is 0 Å². The van der Waals surface area contributed by atoms with Gasteiger partial charge in [0.05, 0.1) is 4.90 Å². The van der Waals surface area contributed by atoms with Crippen molar-refractivity contribution >= 4 is 21.8 Å². The smallest absolute Gasteiger partial charge is 0.241 e. The Morgan fingerprint density at radius 1 is 1.16 bits per heavy atom. The highest BCUT2D eigenvalue weighted by atomic mass is 32.2. The van der Waals surface area contributed by atoms with Crippen molar-refractivity contribution in [3.8, 4) is 0 Å².